The van der Waals surface area contributed by atoms with Crippen molar-refractivity contribution in [3.05, 3.63) is 63.2 Å². The molecule has 0 radical (unpaired) electrons. The third-order valence-corrected chi connectivity index (χ3v) is 4.80. The van der Waals surface area contributed by atoms with E-state index in [9.17, 15) is 4.79 Å². The van der Waals surface area contributed by atoms with Crippen LogP contribution in [-0.4, -0.2) is 24.5 Å². The van der Waals surface area contributed by atoms with Crippen molar-refractivity contribution in [2.45, 2.75) is 18.9 Å². The molecule has 0 spiro atoms. The lowest BCUT2D eigenvalue weighted by Crippen LogP contribution is -2.30. The predicted octanol–water partition coefficient (Wildman–Crippen LogP) is 4.28. The monoisotopic (exact) mass is 407 g/mol. The van der Waals surface area contributed by atoms with Crippen molar-refractivity contribution in [3.63, 3.8) is 0 Å². The fraction of sp³-hybridized carbons (Fsp3) is 0.278. The molecule has 1 fully saturated rings. The number of halogens is 1. The van der Waals surface area contributed by atoms with Gasteiger partial charge < -0.3 is 9.64 Å². The van der Waals surface area contributed by atoms with Crippen LogP contribution < -0.4 is 4.74 Å². The van der Waals surface area contributed by atoms with Gasteiger partial charge in [0.15, 0.2) is 0 Å². The molecule has 1 heterocycles. The van der Waals surface area contributed by atoms with Crippen molar-refractivity contribution in [2.24, 2.45) is 0 Å². The molecule has 0 bridgehead atoms. The second-order valence-electron chi connectivity index (χ2n) is 5.44. The lowest BCUT2D eigenvalue weighted by atomic mass is 10.0. The molecule has 22 heavy (non-hydrogen) atoms. The van der Waals surface area contributed by atoms with Gasteiger partial charge in [0.05, 0.1) is 13.2 Å². The largest absolute Gasteiger partial charge is 0.497 e. The van der Waals surface area contributed by atoms with E-state index in [1.54, 1.807) is 7.11 Å². The maximum absolute atomic E-state index is 12.8. The van der Waals surface area contributed by atoms with Gasteiger partial charge in [-0.3, -0.25) is 4.79 Å². The van der Waals surface area contributed by atoms with Crippen LogP contribution in [0.1, 0.15) is 34.8 Å². The smallest absolute Gasteiger partial charge is 0.254 e. The van der Waals surface area contributed by atoms with Gasteiger partial charge in [-0.05, 0) is 77.4 Å². The Labute approximate surface area is 144 Å². The topological polar surface area (TPSA) is 29.5 Å². The molecule has 1 saturated heterocycles. The van der Waals surface area contributed by atoms with E-state index < -0.39 is 0 Å². The molecule has 114 valence electrons. The van der Waals surface area contributed by atoms with E-state index in [1.165, 1.54) is 0 Å². The summed E-state index contributed by atoms with van der Waals surface area (Å²) in [5.74, 6) is 0.952. The molecule has 4 heteroatoms. The summed E-state index contributed by atoms with van der Waals surface area (Å²) < 4.78 is 6.44. The van der Waals surface area contributed by atoms with Gasteiger partial charge in [0.2, 0.25) is 0 Å². The number of rotatable bonds is 3. The highest BCUT2D eigenvalue weighted by molar-refractivity contribution is 14.1. The number of hydrogen-bond acceptors (Lipinski definition) is 2. The number of benzene rings is 2. The lowest BCUT2D eigenvalue weighted by Gasteiger charge is -2.25. The number of methoxy groups -OCH3 is 1. The van der Waals surface area contributed by atoms with Crippen molar-refractivity contribution in [3.8, 4) is 5.75 Å². The molecule has 0 unspecified atom stereocenters. The van der Waals surface area contributed by atoms with E-state index in [-0.39, 0.29) is 11.9 Å². The number of carbonyl (C=O) groups is 1. The highest BCUT2D eigenvalue weighted by Gasteiger charge is 2.30. The van der Waals surface area contributed by atoms with Crippen molar-refractivity contribution in [1.29, 1.82) is 0 Å². The number of nitrogens with zero attached hydrogens (tertiary/aromatic N) is 1. The summed E-state index contributed by atoms with van der Waals surface area (Å²) in [7, 11) is 1.67. The van der Waals surface area contributed by atoms with Gasteiger partial charge >= 0.3 is 0 Å². The van der Waals surface area contributed by atoms with E-state index in [2.05, 4.69) is 28.7 Å². The predicted molar refractivity (Wildman–Crippen MR) is 95.2 cm³/mol. The van der Waals surface area contributed by atoms with E-state index in [0.717, 1.165) is 39.8 Å². The summed E-state index contributed by atoms with van der Waals surface area (Å²) in [6.45, 7) is 0.812. The van der Waals surface area contributed by atoms with Crippen LogP contribution in [0.4, 0.5) is 0 Å². The third kappa shape index (κ3) is 3.11. The lowest BCUT2D eigenvalue weighted by molar-refractivity contribution is 0.0735. The number of ether oxygens (including phenoxy) is 1. The maximum Gasteiger partial charge on any atom is 0.254 e. The molecule has 0 N–H and O–H groups in total. The Hall–Kier alpha value is -1.56. The van der Waals surface area contributed by atoms with Crippen LogP contribution in [0.5, 0.6) is 5.75 Å². The Bertz CT molecular complexity index is 669. The average Bonchev–Trinajstić information content (AvgIpc) is 3.04. The Kier molecular flexibility index (Phi) is 4.66. The second-order valence-corrected chi connectivity index (χ2v) is 6.69. The molecule has 1 atom stereocenters. The summed E-state index contributed by atoms with van der Waals surface area (Å²) in [5, 5.41) is 0. The molecule has 1 amide bonds. The van der Waals surface area contributed by atoms with Gasteiger partial charge in [0, 0.05) is 15.7 Å². The standard InChI is InChI=1S/C18H18INO2/c1-22-16-5-2-4-14(12-16)17-6-3-11-20(17)18(21)13-7-9-15(19)10-8-13/h2,4-5,7-10,12,17H,3,6,11H2,1H3/t17-/m0/s1. The van der Waals surface area contributed by atoms with Crippen molar-refractivity contribution < 1.29 is 9.53 Å². The first kappa shape index (κ1) is 15.3. The summed E-state index contributed by atoms with van der Waals surface area (Å²) in [4.78, 5) is 14.8. The molecule has 0 aromatic heterocycles. The molecule has 3 rings (SSSR count). The van der Waals surface area contributed by atoms with Gasteiger partial charge in [-0.25, -0.2) is 0 Å². The van der Waals surface area contributed by atoms with Gasteiger partial charge in [0.1, 0.15) is 5.75 Å². The van der Waals surface area contributed by atoms with Gasteiger partial charge in [-0.2, -0.15) is 0 Å². The van der Waals surface area contributed by atoms with Crippen LogP contribution in [0.3, 0.4) is 0 Å². The molecule has 2 aromatic rings. The minimum atomic E-state index is 0.113. The number of likely N-dealkylation sites (tertiary alicyclic amines) is 1. The average molecular weight is 407 g/mol. The van der Waals surface area contributed by atoms with Gasteiger partial charge in [0.25, 0.3) is 5.91 Å². The Balaban J connectivity index is 1.86. The van der Waals surface area contributed by atoms with Crippen molar-refractivity contribution in [2.75, 3.05) is 13.7 Å². The quantitative estimate of drug-likeness (QED) is 0.712. The summed E-state index contributed by atoms with van der Waals surface area (Å²) in [6, 6.07) is 15.9. The molecule has 3 nitrogen and oxygen atoms in total. The molecule has 0 saturated carbocycles. The number of carbonyl (C=O) groups excluding carboxylic acids is 1. The first-order chi connectivity index (χ1) is 10.7. The molecule has 0 aliphatic carbocycles. The zero-order valence-corrected chi connectivity index (χ0v) is 14.6. The van der Waals surface area contributed by atoms with E-state index >= 15 is 0 Å². The van der Waals surface area contributed by atoms with Crippen LogP contribution >= 0.6 is 22.6 Å². The Morgan fingerprint density at radius 3 is 2.73 bits per heavy atom. The van der Waals surface area contributed by atoms with E-state index in [4.69, 9.17) is 4.74 Å². The fourth-order valence-corrected chi connectivity index (χ4v) is 3.32. The molecular weight excluding hydrogens is 389 g/mol. The third-order valence-electron chi connectivity index (χ3n) is 4.08. The molecule has 2 aromatic carbocycles. The zero-order chi connectivity index (χ0) is 15.5. The maximum atomic E-state index is 12.8. The summed E-state index contributed by atoms with van der Waals surface area (Å²) in [5.41, 5.74) is 1.91. The van der Waals surface area contributed by atoms with Crippen LogP contribution in [0.15, 0.2) is 48.5 Å². The van der Waals surface area contributed by atoms with Crippen LogP contribution in [0, 0.1) is 3.57 Å². The fourth-order valence-electron chi connectivity index (χ4n) is 2.96. The van der Waals surface area contributed by atoms with Crippen molar-refractivity contribution in [1.82, 2.24) is 4.90 Å². The SMILES string of the molecule is COc1cccc([C@@H]2CCCN2C(=O)c2ccc(I)cc2)c1. The Morgan fingerprint density at radius 1 is 1.23 bits per heavy atom. The normalized spacial score (nSPS) is 17.5. The summed E-state index contributed by atoms with van der Waals surface area (Å²) >= 11 is 2.25. The van der Waals surface area contributed by atoms with Crippen LogP contribution in [0.2, 0.25) is 0 Å². The molecular formula is C18H18INO2. The molecule has 1 aliphatic rings. The first-order valence-corrected chi connectivity index (χ1v) is 8.47. The minimum absolute atomic E-state index is 0.113. The van der Waals surface area contributed by atoms with Gasteiger partial charge in [-0.1, -0.05) is 12.1 Å². The van der Waals surface area contributed by atoms with Crippen molar-refractivity contribution >= 4 is 28.5 Å². The highest BCUT2D eigenvalue weighted by atomic mass is 127. The first-order valence-electron chi connectivity index (χ1n) is 7.39. The summed E-state index contributed by atoms with van der Waals surface area (Å²) in [6.07, 6.45) is 2.04. The van der Waals surface area contributed by atoms with E-state index in [0.29, 0.717) is 0 Å². The molecule has 1 aliphatic heterocycles. The van der Waals surface area contributed by atoms with Crippen LogP contribution in [0.25, 0.3) is 0 Å². The van der Waals surface area contributed by atoms with Gasteiger partial charge in [-0.15, -0.1) is 0 Å². The Morgan fingerprint density at radius 2 is 2.00 bits per heavy atom. The number of amides is 1. The number of hydrogen-bond donors (Lipinski definition) is 0. The van der Waals surface area contributed by atoms with E-state index in [1.807, 2.05) is 47.4 Å². The zero-order valence-electron chi connectivity index (χ0n) is 12.5. The highest BCUT2D eigenvalue weighted by Crippen LogP contribution is 2.34. The minimum Gasteiger partial charge on any atom is -0.497 e. The second kappa shape index (κ2) is 6.69. The van der Waals surface area contributed by atoms with Crippen LogP contribution in [-0.2, 0) is 0 Å².